The van der Waals surface area contributed by atoms with Gasteiger partial charge in [-0.2, -0.15) is 0 Å². The van der Waals surface area contributed by atoms with Crippen LogP contribution >= 0.6 is 0 Å². The number of aliphatic hydroxyl groups excluding tert-OH is 1. The molecule has 0 atom stereocenters. The Morgan fingerprint density at radius 1 is 0.623 bits per heavy atom. The molecule has 6 rings (SSSR count). The molecule has 15 heteroatoms. The minimum atomic E-state index is -0.649. The topological polar surface area (TPSA) is 221 Å². The fourth-order valence-electron chi connectivity index (χ4n) is 6.72. The number of nitrogens with zero attached hydrogens (tertiary/aromatic N) is 4. The number of carbonyl (C=O) groups is 7. The second kappa shape index (κ2) is 21.6. The highest BCUT2D eigenvalue weighted by atomic mass is 16.3. The van der Waals surface area contributed by atoms with Crippen LogP contribution in [0.5, 0.6) is 0 Å². The van der Waals surface area contributed by atoms with Crippen molar-refractivity contribution in [3.63, 3.8) is 0 Å². The molecule has 318 valence electrons. The summed E-state index contributed by atoms with van der Waals surface area (Å²) in [4.78, 5) is 87.0. The van der Waals surface area contributed by atoms with Crippen LogP contribution in [0.2, 0.25) is 0 Å². The molecule has 4 aromatic carbocycles. The number of allylic oxidation sites excluding steroid dienone is 1. The Labute approximate surface area is 354 Å². The summed E-state index contributed by atoms with van der Waals surface area (Å²) in [6.45, 7) is 10.5. The molecule has 0 unspecified atom stereocenters. The zero-order valence-corrected chi connectivity index (χ0v) is 35.1. The van der Waals surface area contributed by atoms with Crippen LogP contribution < -0.4 is 16.4 Å². The number of amides is 6. The second-order valence-corrected chi connectivity index (χ2v) is 14.1. The maximum absolute atomic E-state index is 13.0. The zero-order chi connectivity index (χ0) is 44.8. The summed E-state index contributed by atoms with van der Waals surface area (Å²) in [5.74, 6) is -2.63. The van der Waals surface area contributed by atoms with E-state index in [9.17, 15) is 38.7 Å². The van der Waals surface area contributed by atoms with Gasteiger partial charge in [0.1, 0.15) is 11.5 Å². The highest BCUT2D eigenvalue weighted by Gasteiger charge is 2.41. The van der Waals surface area contributed by atoms with Crippen molar-refractivity contribution in [2.75, 3.05) is 16.4 Å². The van der Waals surface area contributed by atoms with Crippen LogP contribution in [0, 0.1) is 0 Å². The third kappa shape index (κ3) is 11.3. The molecule has 0 bridgehead atoms. The number of fused-ring (bicyclic) bond motifs is 2. The number of nitrogens with one attached hydrogen (secondary N) is 2. The number of rotatable bonds is 13. The van der Waals surface area contributed by atoms with Crippen molar-refractivity contribution in [3.8, 4) is 0 Å². The Hall–Kier alpha value is -7.29. The number of nitrogens with two attached hydrogens (primary N) is 1. The molecule has 0 saturated carbocycles. The lowest BCUT2D eigenvalue weighted by molar-refractivity contribution is -0.124. The maximum Gasteiger partial charge on any atom is 0.279 e. The van der Waals surface area contributed by atoms with Crippen LogP contribution in [-0.2, 0) is 14.4 Å². The Kier molecular flexibility index (Phi) is 16.5. The Morgan fingerprint density at radius 3 is 1.54 bits per heavy atom. The summed E-state index contributed by atoms with van der Waals surface area (Å²) < 4.78 is 0. The molecular weight excluding hydrogens is 779 g/mol. The third-order valence-corrected chi connectivity index (χ3v) is 9.83. The van der Waals surface area contributed by atoms with E-state index in [0.29, 0.717) is 41.0 Å². The average molecular weight is 830 g/mol. The number of hydrogen-bond donors (Lipinski definition) is 4. The number of Topliss-reactive ketones (excluding diaryl/α,β-unsaturated/α-hetero) is 1. The standard InChI is InChI=1S/C23H24N4O4.C13H16N2O2.C10H11NO2/c1-4-16(5-2)27-22(30)17-12-9-13-18(19(17)23(27)31)25-26-20(14(3)28)21(29)24-15-10-7-6-8-11-15;1-3-8(4-2)15-12(16)9-6-5-7-10(14)11(9)13(15)17;1-8(12)7-10(13)11-9-5-3-2-4-6-9/h6-13,16,28H,4-5H2,1-3H3,(H,24,29);5-8H,3-4,14H2,1-2H3;2-6H,7H2,1H3,(H,11,13)/b20-14-,26-25?;;. The van der Waals surface area contributed by atoms with Gasteiger partial charge in [0, 0.05) is 29.1 Å². The normalized spacial score (nSPS) is 13.3. The van der Waals surface area contributed by atoms with Gasteiger partial charge in [0.15, 0.2) is 5.70 Å². The van der Waals surface area contributed by atoms with E-state index in [2.05, 4.69) is 20.9 Å². The molecule has 6 amide bonds. The largest absolute Gasteiger partial charge is 0.510 e. The highest BCUT2D eigenvalue weighted by molar-refractivity contribution is 6.24. The van der Waals surface area contributed by atoms with Crippen molar-refractivity contribution in [3.05, 3.63) is 131 Å². The molecule has 4 aromatic rings. The van der Waals surface area contributed by atoms with Gasteiger partial charge < -0.3 is 21.5 Å². The van der Waals surface area contributed by atoms with Crippen molar-refractivity contribution in [1.29, 1.82) is 0 Å². The van der Waals surface area contributed by atoms with E-state index in [1.165, 1.54) is 23.6 Å². The molecule has 0 aliphatic carbocycles. The monoisotopic (exact) mass is 829 g/mol. The molecule has 61 heavy (non-hydrogen) atoms. The van der Waals surface area contributed by atoms with Crippen molar-refractivity contribution < 1.29 is 38.7 Å². The number of benzene rings is 4. The van der Waals surface area contributed by atoms with E-state index in [4.69, 9.17) is 5.73 Å². The van der Waals surface area contributed by atoms with E-state index in [-0.39, 0.29) is 76.2 Å². The third-order valence-electron chi connectivity index (χ3n) is 9.83. The van der Waals surface area contributed by atoms with Gasteiger partial charge in [-0.15, -0.1) is 10.2 Å². The van der Waals surface area contributed by atoms with Crippen molar-refractivity contribution in [2.24, 2.45) is 10.2 Å². The van der Waals surface area contributed by atoms with Crippen LogP contribution in [0.25, 0.3) is 0 Å². The maximum atomic E-state index is 13.0. The summed E-state index contributed by atoms with van der Waals surface area (Å²) in [6, 6.07) is 27.3. The van der Waals surface area contributed by atoms with Gasteiger partial charge >= 0.3 is 0 Å². The molecule has 0 aromatic heterocycles. The summed E-state index contributed by atoms with van der Waals surface area (Å²) in [6.07, 6.45) is 2.77. The Bertz CT molecular complexity index is 2330. The molecular formula is C46H51N7O8. The molecule has 0 saturated heterocycles. The molecule has 0 fully saturated rings. The predicted molar refractivity (Wildman–Crippen MR) is 232 cm³/mol. The van der Waals surface area contributed by atoms with Crippen LogP contribution in [0.3, 0.4) is 0 Å². The van der Waals surface area contributed by atoms with Crippen molar-refractivity contribution in [1.82, 2.24) is 9.80 Å². The molecule has 0 radical (unpaired) electrons. The fraction of sp³-hybridized carbons (Fsp3) is 0.283. The first kappa shape index (κ1) is 46.4. The van der Waals surface area contributed by atoms with Gasteiger partial charge in [0.2, 0.25) is 5.91 Å². The molecule has 15 nitrogen and oxygen atoms in total. The summed E-state index contributed by atoms with van der Waals surface area (Å²) in [5.41, 5.74) is 8.48. The van der Waals surface area contributed by atoms with E-state index >= 15 is 0 Å². The van der Waals surface area contributed by atoms with Gasteiger partial charge in [-0.3, -0.25) is 43.4 Å². The van der Waals surface area contributed by atoms with E-state index < -0.39 is 11.8 Å². The number of carbonyl (C=O) groups excluding carboxylic acids is 7. The number of ketones is 1. The number of aliphatic hydroxyl groups is 1. The van der Waals surface area contributed by atoms with E-state index in [0.717, 1.165) is 12.8 Å². The average Bonchev–Trinajstić information content (AvgIpc) is 3.64. The molecule has 2 aliphatic heterocycles. The number of azo groups is 1. The lowest BCUT2D eigenvalue weighted by atomic mass is 10.1. The zero-order valence-electron chi connectivity index (χ0n) is 35.1. The lowest BCUT2D eigenvalue weighted by Gasteiger charge is -2.23. The fourth-order valence-corrected chi connectivity index (χ4v) is 6.72. The molecule has 2 heterocycles. The smallest absolute Gasteiger partial charge is 0.279 e. The molecule has 2 aliphatic rings. The van der Waals surface area contributed by atoms with Crippen LogP contribution in [0.15, 0.2) is 119 Å². The van der Waals surface area contributed by atoms with Crippen LogP contribution in [0.1, 0.15) is 115 Å². The van der Waals surface area contributed by atoms with Gasteiger partial charge in [-0.25, -0.2) is 0 Å². The number of anilines is 3. The minimum Gasteiger partial charge on any atom is -0.510 e. The quantitative estimate of drug-likeness (QED) is 0.0253. The van der Waals surface area contributed by atoms with Crippen LogP contribution in [-0.4, -0.2) is 68.2 Å². The van der Waals surface area contributed by atoms with E-state index in [1.54, 1.807) is 72.8 Å². The van der Waals surface area contributed by atoms with Gasteiger partial charge in [0.25, 0.3) is 29.5 Å². The van der Waals surface area contributed by atoms with Gasteiger partial charge in [-0.1, -0.05) is 76.2 Å². The summed E-state index contributed by atoms with van der Waals surface area (Å²) >= 11 is 0. The first-order valence-corrected chi connectivity index (χ1v) is 20.0. The van der Waals surface area contributed by atoms with Gasteiger partial charge in [0.05, 0.1) is 34.4 Å². The van der Waals surface area contributed by atoms with Crippen molar-refractivity contribution in [2.45, 2.75) is 85.7 Å². The number of para-hydroxylation sites is 2. The van der Waals surface area contributed by atoms with Crippen LogP contribution in [0.4, 0.5) is 22.7 Å². The first-order valence-electron chi connectivity index (χ1n) is 20.0. The predicted octanol–water partition coefficient (Wildman–Crippen LogP) is 8.64. The SMILES string of the molecule is CC(=O)CC(=O)Nc1ccccc1.CCC(CC)N1C(=O)c2cccc(N)c2C1=O.CCC(CC)N1C(=O)c2cccc(N=N/C(C(=O)Nc3ccccc3)=C(/C)O)c2C1=O. The minimum absolute atomic E-state index is 0.0400. The van der Waals surface area contributed by atoms with Gasteiger partial charge in [-0.05, 0) is 88.1 Å². The molecule has 0 spiro atoms. The highest BCUT2D eigenvalue weighted by Crippen LogP contribution is 2.34. The summed E-state index contributed by atoms with van der Waals surface area (Å²) in [7, 11) is 0. The summed E-state index contributed by atoms with van der Waals surface area (Å²) in [5, 5.41) is 23.1. The lowest BCUT2D eigenvalue weighted by Crippen LogP contribution is -2.39. The molecule has 5 N–H and O–H groups in total. The Morgan fingerprint density at radius 2 is 1.08 bits per heavy atom. The van der Waals surface area contributed by atoms with E-state index in [1.807, 2.05) is 52.0 Å². The second-order valence-electron chi connectivity index (χ2n) is 14.1. The Balaban J connectivity index is 0.000000228. The van der Waals surface area contributed by atoms with Crippen molar-refractivity contribution >= 4 is 64.0 Å². The first-order chi connectivity index (χ1) is 29.2. The number of nitrogen functional groups attached to an aromatic ring is 1. The number of hydrogen-bond acceptors (Lipinski definition) is 11. The number of imide groups is 2.